The molecule has 1 atom stereocenters. The molecule has 2 rings (SSSR count). The van der Waals surface area contributed by atoms with Crippen LogP contribution in [0.4, 0.5) is 4.39 Å². The highest BCUT2D eigenvalue weighted by molar-refractivity contribution is 5.17. The maximum atomic E-state index is 13.4. The number of hydrogen-bond acceptors (Lipinski definition) is 2. The first-order valence-corrected chi connectivity index (χ1v) is 5.86. The number of β-amino-alcohol motifs (C(OH)–C–C–N with tert-alkyl or cyclic N) is 1. The van der Waals surface area contributed by atoms with E-state index in [1.54, 1.807) is 12.1 Å². The van der Waals surface area contributed by atoms with E-state index in [0.29, 0.717) is 24.9 Å². The van der Waals surface area contributed by atoms with Crippen molar-refractivity contribution in [3.05, 3.63) is 35.6 Å². The van der Waals surface area contributed by atoms with Crippen LogP contribution in [0, 0.1) is 5.82 Å². The molecule has 2 nitrogen and oxygen atoms in total. The molecule has 0 bridgehead atoms. The number of piperidine rings is 1. The van der Waals surface area contributed by atoms with Gasteiger partial charge < -0.3 is 10.4 Å². The highest BCUT2D eigenvalue weighted by Crippen LogP contribution is 2.22. The smallest absolute Gasteiger partial charge is 0.126 e. The van der Waals surface area contributed by atoms with Crippen molar-refractivity contribution in [3.8, 4) is 0 Å². The van der Waals surface area contributed by atoms with E-state index in [0.717, 1.165) is 19.4 Å². The molecule has 1 aliphatic heterocycles. The lowest BCUT2D eigenvalue weighted by atomic mass is 9.88. The van der Waals surface area contributed by atoms with E-state index in [1.165, 1.54) is 6.07 Å². The molecule has 0 spiro atoms. The van der Waals surface area contributed by atoms with Gasteiger partial charge >= 0.3 is 0 Å². The maximum absolute atomic E-state index is 13.4. The highest BCUT2D eigenvalue weighted by atomic mass is 19.1. The van der Waals surface area contributed by atoms with Crippen LogP contribution in [0.3, 0.4) is 0 Å². The van der Waals surface area contributed by atoms with Gasteiger partial charge in [-0.3, -0.25) is 0 Å². The molecule has 0 radical (unpaired) electrons. The van der Waals surface area contributed by atoms with Crippen molar-refractivity contribution in [2.24, 2.45) is 0 Å². The molecule has 0 aromatic heterocycles. The molecule has 1 saturated heterocycles. The molecule has 1 unspecified atom stereocenters. The molecule has 1 heterocycles. The van der Waals surface area contributed by atoms with E-state index in [9.17, 15) is 9.50 Å². The SMILES string of the molecule is OC1(CCc2ccccc2F)CCCNC1. The van der Waals surface area contributed by atoms with Crippen molar-refractivity contribution >= 4 is 0 Å². The lowest BCUT2D eigenvalue weighted by molar-refractivity contribution is 0.00873. The fourth-order valence-corrected chi connectivity index (χ4v) is 2.23. The van der Waals surface area contributed by atoms with Crippen molar-refractivity contribution in [2.45, 2.75) is 31.3 Å². The molecule has 1 aromatic rings. The van der Waals surface area contributed by atoms with Crippen LogP contribution in [0.1, 0.15) is 24.8 Å². The first kappa shape index (κ1) is 11.6. The fraction of sp³-hybridized carbons (Fsp3) is 0.538. The van der Waals surface area contributed by atoms with Gasteiger partial charge in [0.05, 0.1) is 5.60 Å². The zero-order valence-electron chi connectivity index (χ0n) is 9.38. The summed E-state index contributed by atoms with van der Waals surface area (Å²) in [4.78, 5) is 0. The molecule has 3 heteroatoms. The largest absolute Gasteiger partial charge is 0.389 e. The third-order valence-corrected chi connectivity index (χ3v) is 3.27. The van der Waals surface area contributed by atoms with Crippen molar-refractivity contribution in [1.29, 1.82) is 0 Å². The molecule has 1 aromatic carbocycles. The Morgan fingerprint density at radius 3 is 2.88 bits per heavy atom. The Hall–Kier alpha value is -0.930. The van der Waals surface area contributed by atoms with Crippen LogP contribution < -0.4 is 5.32 Å². The summed E-state index contributed by atoms with van der Waals surface area (Å²) in [5.41, 5.74) is 0.0436. The highest BCUT2D eigenvalue weighted by Gasteiger charge is 2.28. The molecule has 1 aliphatic rings. The van der Waals surface area contributed by atoms with Gasteiger partial charge in [0.1, 0.15) is 5.82 Å². The van der Waals surface area contributed by atoms with Crippen molar-refractivity contribution < 1.29 is 9.50 Å². The van der Waals surface area contributed by atoms with Gasteiger partial charge in [0.25, 0.3) is 0 Å². The van der Waals surface area contributed by atoms with Gasteiger partial charge in [-0.2, -0.15) is 0 Å². The zero-order chi connectivity index (χ0) is 11.4. The monoisotopic (exact) mass is 223 g/mol. The minimum absolute atomic E-state index is 0.171. The van der Waals surface area contributed by atoms with Crippen LogP contribution in [-0.4, -0.2) is 23.8 Å². The Morgan fingerprint density at radius 2 is 2.19 bits per heavy atom. The second kappa shape index (κ2) is 4.93. The summed E-state index contributed by atoms with van der Waals surface area (Å²) >= 11 is 0. The predicted octanol–water partition coefficient (Wildman–Crippen LogP) is 1.87. The summed E-state index contributed by atoms with van der Waals surface area (Å²) in [6, 6.07) is 6.78. The Labute approximate surface area is 95.5 Å². The normalized spacial score (nSPS) is 25.6. The van der Waals surface area contributed by atoms with E-state index in [-0.39, 0.29) is 5.82 Å². The molecule has 0 saturated carbocycles. The van der Waals surface area contributed by atoms with E-state index in [4.69, 9.17) is 0 Å². The minimum atomic E-state index is -0.652. The molecule has 16 heavy (non-hydrogen) atoms. The van der Waals surface area contributed by atoms with E-state index < -0.39 is 5.60 Å². The van der Waals surface area contributed by atoms with Crippen LogP contribution >= 0.6 is 0 Å². The maximum Gasteiger partial charge on any atom is 0.126 e. The number of rotatable bonds is 3. The van der Waals surface area contributed by atoms with Gasteiger partial charge in [-0.1, -0.05) is 18.2 Å². The van der Waals surface area contributed by atoms with E-state index >= 15 is 0 Å². The second-order valence-corrected chi connectivity index (χ2v) is 4.60. The van der Waals surface area contributed by atoms with Crippen LogP contribution in [0.5, 0.6) is 0 Å². The first-order chi connectivity index (χ1) is 7.70. The molecule has 1 fully saturated rings. The summed E-state index contributed by atoms with van der Waals surface area (Å²) in [5, 5.41) is 13.4. The molecule has 0 amide bonds. The molecule has 0 aliphatic carbocycles. The standard InChI is InChI=1S/C13H18FNO/c14-12-5-2-1-4-11(12)6-8-13(16)7-3-9-15-10-13/h1-2,4-5,15-16H,3,6-10H2. The first-order valence-electron chi connectivity index (χ1n) is 5.86. The lowest BCUT2D eigenvalue weighted by Gasteiger charge is -2.32. The lowest BCUT2D eigenvalue weighted by Crippen LogP contribution is -2.45. The quantitative estimate of drug-likeness (QED) is 0.820. The summed E-state index contributed by atoms with van der Waals surface area (Å²) in [5.74, 6) is -0.171. The van der Waals surface area contributed by atoms with Gasteiger partial charge in [0.15, 0.2) is 0 Å². The second-order valence-electron chi connectivity index (χ2n) is 4.60. The van der Waals surface area contributed by atoms with Gasteiger partial charge in [0, 0.05) is 6.54 Å². The third-order valence-electron chi connectivity index (χ3n) is 3.27. The number of aryl methyl sites for hydroxylation is 1. The third kappa shape index (κ3) is 2.80. The van der Waals surface area contributed by atoms with Crippen molar-refractivity contribution in [2.75, 3.05) is 13.1 Å². The Kier molecular flexibility index (Phi) is 3.56. The van der Waals surface area contributed by atoms with E-state index in [1.807, 2.05) is 6.07 Å². The Morgan fingerprint density at radius 1 is 1.38 bits per heavy atom. The Balaban J connectivity index is 1.94. The molecule has 88 valence electrons. The number of nitrogens with one attached hydrogen (secondary N) is 1. The topological polar surface area (TPSA) is 32.3 Å². The summed E-state index contributed by atoms with van der Waals surface area (Å²) < 4.78 is 13.4. The van der Waals surface area contributed by atoms with Crippen LogP contribution in [0.2, 0.25) is 0 Å². The van der Waals surface area contributed by atoms with Gasteiger partial charge in [0.2, 0.25) is 0 Å². The van der Waals surface area contributed by atoms with Crippen LogP contribution in [0.25, 0.3) is 0 Å². The van der Waals surface area contributed by atoms with Crippen LogP contribution in [-0.2, 0) is 6.42 Å². The Bertz CT molecular complexity index is 348. The van der Waals surface area contributed by atoms with Gasteiger partial charge in [-0.15, -0.1) is 0 Å². The number of benzene rings is 1. The molecular weight excluding hydrogens is 205 g/mol. The summed E-state index contributed by atoms with van der Waals surface area (Å²) in [6.07, 6.45) is 3.04. The van der Waals surface area contributed by atoms with Gasteiger partial charge in [-0.05, 0) is 43.9 Å². The molecular formula is C13H18FNO. The van der Waals surface area contributed by atoms with Crippen molar-refractivity contribution in [1.82, 2.24) is 5.32 Å². The summed E-state index contributed by atoms with van der Waals surface area (Å²) in [6.45, 7) is 1.60. The van der Waals surface area contributed by atoms with Crippen LogP contribution in [0.15, 0.2) is 24.3 Å². The number of hydrogen-bond donors (Lipinski definition) is 2. The minimum Gasteiger partial charge on any atom is -0.389 e. The number of aliphatic hydroxyl groups is 1. The fourth-order valence-electron chi connectivity index (χ4n) is 2.23. The average molecular weight is 223 g/mol. The van der Waals surface area contributed by atoms with Gasteiger partial charge in [-0.25, -0.2) is 4.39 Å². The summed E-state index contributed by atoms with van der Waals surface area (Å²) in [7, 11) is 0. The molecule has 2 N–H and O–H groups in total. The zero-order valence-corrected chi connectivity index (χ0v) is 9.38. The average Bonchev–Trinajstić information content (AvgIpc) is 2.29. The predicted molar refractivity (Wildman–Crippen MR) is 61.8 cm³/mol. The van der Waals surface area contributed by atoms with Crippen molar-refractivity contribution in [3.63, 3.8) is 0 Å². The number of halogens is 1. The van der Waals surface area contributed by atoms with E-state index in [2.05, 4.69) is 5.32 Å².